The first-order chi connectivity index (χ1) is 9.08. The van der Waals surface area contributed by atoms with Crippen LogP contribution in [0.1, 0.15) is 43.6 Å². The summed E-state index contributed by atoms with van der Waals surface area (Å²) in [7, 11) is 1.35. The van der Waals surface area contributed by atoms with Gasteiger partial charge in [0.2, 0.25) is 0 Å². The molecule has 0 aliphatic rings. The lowest BCUT2D eigenvalue weighted by Gasteiger charge is -2.28. The molecule has 4 nitrogen and oxygen atoms in total. The van der Waals surface area contributed by atoms with Gasteiger partial charge in [0.1, 0.15) is 0 Å². The second-order valence-electron chi connectivity index (χ2n) is 5.77. The third-order valence-corrected chi connectivity index (χ3v) is 3.99. The van der Waals surface area contributed by atoms with Gasteiger partial charge in [0.15, 0.2) is 6.10 Å². The Morgan fingerprint density at radius 3 is 2.35 bits per heavy atom. The minimum absolute atomic E-state index is 0.436. The lowest BCUT2D eigenvalue weighted by molar-refractivity contribution is -0.164. The molecule has 112 valence electrons. The lowest BCUT2D eigenvalue weighted by Crippen LogP contribution is -2.29. The zero-order valence-corrected chi connectivity index (χ0v) is 14.4. The van der Waals surface area contributed by atoms with E-state index < -0.39 is 17.7 Å². The van der Waals surface area contributed by atoms with Crippen LogP contribution in [0.2, 0.25) is 0 Å². The fourth-order valence-electron chi connectivity index (χ4n) is 1.93. The predicted octanol–water partition coefficient (Wildman–Crippen LogP) is 3.68. The van der Waals surface area contributed by atoms with Crippen molar-refractivity contribution in [1.29, 1.82) is 0 Å². The fraction of sp³-hybridized carbons (Fsp3) is 0.533. The maximum Gasteiger partial charge on any atom is 0.339 e. The summed E-state index contributed by atoms with van der Waals surface area (Å²) < 4.78 is 11.6. The largest absolute Gasteiger partial charge is 0.467 e. The Hall–Kier alpha value is -1.07. The van der Waals surface area contributed by atoms with Crippen LogP contribution in [0, 0.1) is 13.8 Å². The fourth-order valence-corrected chi connectivity index (χ4v) is 2.55. The summed E-state index contributed by atoms with van der Waals surface area (Å²) in [6, 6.07) is 1.87. The van der Waals surface area contributed by atoms with E-state index in [1.165, 1.54) is 7.11 Å². The van der Waals surface area contributed by atoms with Gasteiger partial charge in [-0.25, -0.2) is 4.79 Å². The summed E-state index contributed by atoms with van der Waals surface area (Å²) in [6.45, 7) is 9.48. The van der Waals surface area contributed by atoms with Gasteiger partial charge >= 0.3 is 5.97 Å². The summed E-state index contributed by atoms with van der Waals surface area (Å²) >= 11 is 3.53. The molecule has 5 heteroatoms. The van der Waals surface area contributed by atoms with Crippen LogP contribution < -0.4 is 5.73 Å². The first-order valence-electron chi connectivity index (χ1n) is 6.39. The van der Waals surface area contributed by atoms with Gasteiger partial charge in [0, 0.05) is 15.7 Å². The van der Waals surface area contributed by atoms with Crippen LogP contribution in [0.25, 0.3) is 0 Å². The number of carbonyl (C=O) groups excluding carboxylic acids is 1. The average molecular weight is 344 g/mol. The summed E-state index contributed by atoms with van der Waals surface area (Å²) in [6.07, 6.45) is -0.809. The van der Waals surface area contributed by atoms with E-state index >= 15 is 0 Å². The van der Waals surface area contributed by atoms with Crippen LogP contribution in [0.3, 0.4) is 0 Å². The Kier molecular flexibility index (Phi) is 5.21. The summed E-state index contributed by atoms with van der Waals surface area (Å²) in [4.78, 5) is 12.1. The number of anilines is 1. The highest BCUT2D eigenvalue weighted by molar-refractivity contribution is 9.10. The third-order valence-electron chi connectivity index (χ3n) is 2.94. The van der Waals surface area contributed by atoms with E-state index in [4.69, 9.17) is 15.2 Å². The lowest BCUT2D eigenvalue weighted by atomic mass is 9.98. The van der Waals surface area contributed by atoms with E-state index in [9.17, 15) is 4.79 Å². The van der Waals surface area contributed by atoms with E-state index in [0.29, 0.717) is 5.69 Å². The molecular formula is C15H22BrNO3. The first-order valence-corrected chi connectivity index (χ1v) is 7.18. The van der Waals surface area contributed by atoms with Crippen LogP contribution >= 0.6 is 15.9 Å². The van der Waals surface area contributed by atoms with Crippen molar-refractivity contribution in [3.63, 3.8) is 0 Å². The predicted molar refractivity (Wildman–Crippen MR) is 83.6 cm³/mol. The van der Waals surface area contributed by atoms with Gasteiger partial charge in [-0.1, -0.05) is 15.9 Å². The van der Waals surface area contributed by atoms with E-state index in [1.807, 2.05) is 40.7 Å². The maximum atomic E-state index is 12.1. The number of nitrogen functional groups attached to an aromatic ring is 1. The van der Waals surface area contributed by atoms with Crippen molar-refractivity contribution in [3.8, 4) is 0 Å². The highest BCUT2D eigenvalue weighted by Crippen LogP contribution is 2.37. The van der Waals surface area contributed by atoms with Crippen LogP contribution in [-0.2, 0) is 14.3 Å². The molecule has 0 heterocycles. The second-order valence-corrected chi connectivity index (χ2v) is 6.56. The molecule has 0 amide bonds. The van der Waals surface area contributed by atoms with Crippen LogP contribution in [-0.4, -0.2) is 18.7 Å². The van der Waals surface area contributed by atoms with E-state index in [2.05, 4.69) is 15.9 Å². The van der Waals surface area contributed by atoms with Crippen molar-refractivity contribution in [2.75, 3.05) is 12.8 Å². The average Bonchev–Trinajstić information content (AvgIpc) is 2.33. The number of hydrogen-bond acceptors (Lipinski definition) is 4. The van der Waals surface area contributed by atoms with Gasteiger partial charge in [-0.05, 0) is 51.8 Å². The molecule has 0 bridgehead atoms. The Morgan fingerprint density at radius 2 is 1.90 bits per heavy atom. The minimum atomic E-state index is -0.809. The molecule has 0 aliphatic carbocycles. The number of rotatable bonds is 3. The molecule has 0 fully saturated rings. The summed E-state index contributed by atoms with van der Waals surface area (Å²) in [5.41, 5.74) is 8.65. The Balaban J connectivity index is 3.45. The molecule has 0 saturated heterocycles. The molecule has 1 rings (SSSR count). The number of aryl methyl sites for hydroxylation is 1. The number of benzene rings is 1. The monoisotopic (exact) mass is 343 g/mol. The smallest absolute Gasteiger partial charge is 0.339 e. The molecular weight excluding hydrogens is 322 g/mol. The van der Waals surface area contributed by atoms with E-state index in [1.54, 1.807) is 0 Å². The number of hydrogen-bond donors (Lipinski definition) is 1. The Morgan fingerprint density at radius 1 is 1.35 bits per heavy atom. The van der Waals surface area contributed by atoms with Crippen molar-refractivity contribution in [2.24, 2.45) is 0 Å². The molecule has 0 aromatic heterocycles. The van der Waals surface area contributed by atoms with Gasteiger partial charge in [0.25, 0.3) is 0 Å². The molecule has 2 N–H and O–H groups in total. The molecule has 0 unspecified atom stereocenters. The topological polar surface area (TPSA) is 61.5 Å². The highest BCUT2D eigenvalue weighted by Gasteiger charge is 2.31. The third kappa shape index (κ3) is 3.73. The minimum Gasteiger partial charge on any atom is -0.467 e. The number of nitrogens with two attached hydrogens (primary N) is 1. The van der Waals surface area contributed by atoms with Gasteiger partial charge in [-0.3, -0.25) is 0 Å². The molecule has 1 aromatic carbocycles. The Labute approximate surface area is 128 Å². The van der Waals surface area contributed by atoms with Crippen molar-refractivity contribution in [2.45, 2.75) is 46.3 Å². The van der Waals surface area contributed by atoms with Crippen LogP contribution in [0.15, 0.2) is 10.5 Å². The summed E-state index contributed by atoms with van der Waals surface area (Å²) in [5, 5.41) is 0. The Bertz CT molecular complexity index is 495. The number of esters is 1. The van der Waals surface area contributed by atoms with Gasteiger partial charge in [-0.15, -0.1) is 0 Å². The molecule has 0 aliphatic heterocycles. The van der Waals surface area contributed by atoms with Gasteiger partial charge in [0.05, 0.1) is 12.7 Å². The highest BCUT2D eigenvalue weighted by atomic mass is 79.9. The zero-order valence-electron chi connectivity index (χ0n) is 12.8. The first kappa shape index (κ1) is 17.0. The number of halogens is 1. The SMILES string of the molecule is COC(=O)[C@@H](OC(C)(C)C)c1c(C)c(N)cc(C)c1Br. The van der Waals surface area contributed by atoms with Crippen LogP contribution in [0.4, 0.5) is 5.69 Å². The number of ether oxygens (including phenoxy) is 2. The van der Waals surface area contributed by atoms with E-state index in [0.717, 1.165) is 21.2 Å². The van der Waals surface area contributed by atoms with Crippen molar-refractivity contribution in [3.05, 3.63) is 27.2 Å². The molecule has 20 heavy (non-hydrogen) atoms. The molecule has 0 saturated carbocycles. The number of carbonyl (C=O) groups is 1. The molecule has 0 spiro atoms. The molecule has 0 radical (unpaired) electrons. The molecule has 1 atom stereocenters. The van der Waals surface area contributed by atoms with Crippen molar-refractivity contribution >= 4 is 27.6 Å². The standard InChI is InChI=1S/C15H22BrNO3/c1-8-7-10(17)9(2)11(12(8)16)13(14(18)19-6)20-15(3,4)5/h7,13H,17H2,1-6H3/t13-/m0/s1. The molecule has 1 aromatic rings. The summed E-state index contributed by atoms with van der Waals surface area (Å²) in [5.74, 6) is -0.436. The van der Waals surface area contributed by atoms with Crippen LogP contribution in [0.5, 0.6) is 0 Å². The van der Waals surface area contributed by atoms with Crippen molar-refractivity contribution in [1.82, 2.24) is 0 Å². The normalized spacial score (nSPS) is 13.2. The maximum absolute atomic E-state index is 12.1. The second kappa shape index (κ2) is 6.14. The number of methoxy groups -OCH3 is 1. The van der Waals surface area contributed by atoms with Gasteiger partial charge < -0.3 is 15.2 Å². The van der Waals surface area contributed by atoms with Gasteiger partial charge in [-0.2, -0.15) is 0 Å². The van der Waals surface area contributed by atoms with E-state index in [-0.39, 0.29) is 0 Å². The quantitative estimate of drug-likeness (QED) is 0.671. The zero-order chi connectivity index (χ0) is 15.7. The van der Waals surface area contributed by atoms with Crippen molar-refractivity contribution < 1.29 is 14.3 Å².